The van der Waals surface area contributed by atoms with E-state index in [4.69, 9.17) is 23.2 Å². The van der Waals surface area contributed by atoms with Gasteiger partial charge in [-0.2, -0.15) is 0 Å². The van der Waals surface area contributed by atoms with Gasteiger partial charge >= 0.3 is 0 Å². The molecule has 0 saturated heterocycles. The second-order valence-electron chi connectivity index (χ2n) is 8.55. The second kappa shape index (κ2) is 11.4. The molecular weight excluding hydrogens is 497 g/mol. The number of hydrogen-bond acceptors (Lipinski definition) is 4. The number of carbonyl (C=O) groups excluding carboxylic acids is 2. The number of carbonyl (C=O) groups is 2. The number of benzene rings is 2. The molecule has 2 amide bonds. The Kier molecular flexibility index (Phi) is 9.39. The number of amides is 2. The van der Waals surface area contributed by atoms with Gasteiger partial charge in [0.25, 0.3) is 0 Å². The summed E-state index contributed by atoms with van der Waals surface area (Å²) in [5.74, 6) is -0.933. The molecule has 1 N–H and O–H groups in total. The van der Waals surface area contributed by atoms with Gasteiger partial charge in [-0.3, -0.25) is 13.9 Å². The fourth-order valence-corrected chi connectivity index (χ4v) is 4.86. The Morgan fingerprint density at radius 1 is 1.00 bits per heavy atom. The Morgan fingerprint density at radius 2 is 1.56 bits per heavy atom. The summed E-state index contributed by atoms with van der Waals surface area (Å²) in [6.45, 7) is 8.34. The minimum atomic E-state index is -3.81. The first-order valence-electron chi connectivity index (χ1n) is 10.8. The van der Waals surface area contributed by atoms with Crippen LogP contribution in [0.3, 0.4) is 0 Å². The molecule has 0 aliphatic carbocycles. The molecule has 2 rings (SSSR count). The molecule has 0 heterocycles. The summed E-state index contributed by atoms with van der Waals surface area (Å²) in [4.78, 5) is 27.7. The molecule has 0 aliphatic rings. The summed E-state index contributed by atoms with van der Waals surface area (Å²) in [6, 6.07) is 9.18. The maximum atomic E-state index is 13.6. The van der Waals surface area contributed by atoms with Crippen molar-refractivity contribution in [3.05, 3.63) is 63.1 Å². The third-order valence-electron chi connectivity index (χ3n) is 5.51. The summed E-state index contributed by atoms with van der Waals surface area (Å²) >= 11 is 12.7. The Labute approximate surface area is 212 Å². The predicted molar refractivity (Wildman–Crippen MR) is 138 cm³/mol. The van der Waals surface area contributed by atoms with Crippen molar-refractivity contribution in [2.45, 2.75) is 53.2 Å². The molecule has 34 heavy (non-hydrogen) atoms. The molecule has 2 aromatic carbocycles. The average Bonchev–Trinajstić information content (AvgIpc) is 2.72. The summed E-state index contributed by atoms with van der Waals surface area (Å²) in [5, 5.41) is 3.48. The van der Waals surface area contributed by atoms with Crippen LogP contribution in [0, 0.1) is 13.8 Å². The smallest absolute Gasteiger partial charge is 0.244 e. The zero-order chi connectivity index (χ0) is 25.8. The molecule has 1 atom stereocenters. The fourth-order valence-electron chi connectivity index (χ4n) is 3.44. The molecule has 7 nitrogen and oxygen atoms in total. The lowest BCUT2D eigenvalue weighted by Crippen LogP contribution is -2.52. The van der Waals surface area contributed by atoms with Crippen molar-refractivity contribution in [3.8, 4) is 0 Å². The molecule has 0 radical (unpaired) electrons. The van der Waals surface area contributed by atoms with Crippen molar-refractivity contribution in [2.75, 3.05) is 17.1 Å². The van der Waals surface area contributed by atoms with Crippen LogP contribution in [0.25, 0.3) is 0 Å². The minimum absolute atomic E-state index is 0.0611. The van der Waals surface area contributed by atoms with Gasteiger partial charge in [-0.1, -0.05) is 41.4 Å². The highest BCUT2D eigenvalue weighted by Gasteiger charge is 2.31. The van der Waals surface area contributed by atoms with Gasteiger partial charge in [0, 0.05) is 28.2 Å². The maximum Gasteiger partial charge on any atom is 0.244 e. The largest absolute Gasteiger partial charge is 0.352 e. The Balaban J connectivity index is 2.50. The predicted octanol–water partition coefficient (Wildman–Crippen LogP) is 4.32. The molecule has 0 aromatic heterocycles. The van der Waals surface area contributed by atoms with E-state index < -0.39 is 28.5 Å². The third-order valence-corrected chi connectivity index (χ3v) is 7.35. The first-order chi connectivity index (χ1) is 15.7. The van der Waals surface area contributed by atoms with E-state index >= 15 is 0 Å². The zero-order valence-corrected chi connectivity index (χ0v) is 22.6. The summed E-state index contributed by atoms with van der Waals surface area (Å²) in [5.41, 5.74) is 2.52. The second-order valence-corrected chi connectivity index (χ2v) is 11.3. The highest BCUT2D eigenvalue weighted by molar-refractivity contribution is 7.92. The summed E-state index contributed by atoms with van der Waals surface area (Å²) < 4.78 is 26.5. The van der Waals surface area contributed by atoms with Gasteiger partial charge in [-0.15, -0.1) is 0 Å². The first kappa shape index (κ1) is 28.0. The van der Waals surface area contributed by atoms with Gasteiger partial charge in [0.15, 0.2) is 0 Å². The van der Waals surface area contributed by atoms with Crippen LogP contribution in [-0.2, 0) is 26.2 Å². The normalized spacial score (nSPS) is 12.4. The fraction of sp³-hybridized carbons (Fsp3) is 0.417. The molecule has 0 bridgehead atoms. The lowest BCUT2D eigenvalue weighted by atomic mass is 10.1. The van der Waals surface area contributed by atoms with Crippen LogP contribution in [0.4, 0.5) is 5.69 Å². The molecule has 0 spiro atoms. The van der Waals surface area contributed by atoms with Crippen LogP contribution in [-0.4, -0.2) is 50.0 Å². The highest BCUT2D eigenvalue weighted by Crippen LogP contribution is 2.28. The van der Waals surface area contributed by atoms with Crippen molar-refractivity contribution >= 4 is 50.7 Å². The zero-order valence-electron chi connectivity index (χ0n) is 20.2. The third kappa shape index (κ3) is 6.87. The molecule has 10 heteroatoms. The standard InChI is InChI=1S/C24H31Cl2N3O4S/c1-15(2)27-24(31)18(5)28(13-19-20(25)10-8-11-21(19)26)23(30)14-29(34(6,32)33)22-12-7-9-16(3)17(22)4/h7-12,15,18H,13-14H2,1-6H3,(H,27,31). The van der Waals surface area contributed by atoms with Crippen LogP contribution in [0.15, 0.2) is 36.4 Å². The Bertz CT molecular complexity index is 1150. The van der Waals surface area contributed by atoms with Crippen molar-refractivity contribution in [1.29, 1.82) is 0 Å². The van der Waals surface area contributed by atoms with E-state index in [1.54, 1.807) is 44.2 Å². The van der Waals surface area contributed by atoms with Crippen molar-refractivity contribution in [3.63, 3.8) is 0 Å². The molecule has 1 unspecified atom stereocenters. The number of sulfonamides is 1. The summed E-state index contributed by atoms with van der Waals surface area (Å²) in [7, 11) is -3.81. The number of rotatable bonds is 9. The number of hydrogen-bond donors (Lipinski definition) is 1. The van der Waals surface area contributed by atoms with Crippen LogP contribution in [0.1, 0.15) is 37.5 Å². The van der Waals surface area contributed by atoms with E-state index in [0.29, 0.717) is 21.3 Å². The van der Waals surface area contributed by atoms with Crippen molar-refractivity contribution in [2.24, 2.45) is 0 Å². The van der Waals surface area contributed by atoms with Gasteiger partial charge < -0.3 is 10.2 Å². The molecule has 2 aromatic rings. The van der Waals surface area contributed by atoms with Crippen molar-refractivity contribution in [1.82, 2.24) is 10.2 Å². The van der Waals surface area contributed by atoms with E-state index in [1.165, 1.54) is 4.90 Å². The van der Waals surface area contributed by atoms with E-state index in [1.807, 2.05) is 26.8 Å². The van der Waals surface area contributed by atoms with E-state index in [2.05, 4.69) is 5.32 Å². The van der Waals surface area contributed by atoms with E-state index in [0.717, 1.165) is 21.7 Å². The number of nitrogens with zero attached hydrogens (tertiary/aromatic N) is 2. The average molecular weight is 529 g/mol. The van der Waals surface area contributed by atoms with Gasteiger partial charge in [0.2, 0.25) is 21.8 Å². The summed E-state index contributed by atoms with van der Waals surface area (Å²) in [6.07, 6.45) is 1.05. The first-order valence-corrected chi connectivity index (χ1v) is 13.4. The van der Waals surface area contributed by atoms with Crippen LogP contribution in [0.2, 0.25) is 10.0 Å². The van der Waals surface area contributed by atoms with E-state index in [-0.39, 0.29) is 18.5 Å². The SMILES string of the molecule is Cc1cccc(N(CC(=O)N(Cc2c(Cl)cccc2Cl)C(C)C(=O)NC(C)C)S(C)(=O)=O)c1C. The molecule has 0 fully saturated rings. The molecular formula is C24H31Cl2N3O4S. The Morgan fingerprint density at radius 3 is 2.09 bits per heavy atom. The number of halogens is 2. The van der Waals surface area contributed by atoms with Crippen LogP contribution < -0.4 is 9.62 Å². The highest BCUT2D eigenvalue weighted by atomic mass is 35.5. The number of aryl methyl sites for hydroxylation is 1. The van der Waals surface area contributed by atoms with Crippen LogP contribution >= 0.6 is 23.2 Å². The molecule has 0 saturated carbocycles. The van der Waals surface area contributed by atoms with Gasteiger partial charge in [0.1, 0.15) is 12.6 Å². The van der Waals surface area contributed by atoms with E-state index in [9.17, 15) is 18.0 Å². The number of anilines is 1. The lowest BCUT2D eigenvalue weighted by molar-refractivity contribution is -0.139. The quantitative estimate of drug-likeness (QED) is 0.526. The van der Waals surface area contributed by atoms with Crippen LogP contribution in [0.5, 0.6) is 0 Å². The van der Waals surface area contributed by atoms with Crippen molar-refractivity contribution < 1.29 is 18.0 Å². The van der Waals surface area contributed by atoms with Gasteiger partial charge in [-0.05, 0) is 63.9 Å². The monoisotopic (exact) mass is 527 g/mol. The lowest BCUT2D eigenvalue weighted by Gasteiger charge is -2.32. The van der Waals surface area contributed by atoms with Gasteiger partial charge in [0.05, 0.1) is 11.9 Å². The molecule has 0 aliphatic heterocycles. The topological polar surface area (TPSA) is 86.8 Å². The Hall–Kier alpha value is -2.29. The maximum absolute atomic E-state index is 13.6. The molecule has 186 valence electrons. The van der Waals surface area contributed by atoms with Gasteiger partial charge in [-0.25, -0.2) is 8.42 Å². The number of nitrogens with one attached hydrogen (secondary N) is 1. The minimum Gasteiger partial charge on any atom is -0.352 e.